The van der Waals surface area contributed by atoms with Gasteiger partial charge >= 0.3 is 5.97 Å². The van der Waals surface area contributed by atoms with Crippen molar-refractivity contribution in [2.24, 2.45) is 0 Å². The third-order valence-corrected chi connectivity index (χ3v) is 4.48. The molecule has 0 radical (unpaired) electrons. The Kier molecular flexibility index (Phi) is 5.34. The van der Waals surface area contributed by atoms with Crippen LogP contribution in [-0.4, -0.2) is 27.0 Å². The highest BCUT2D eigenvalue weighted by molar-refractivity contribution is 8.76. The molecule has 1 rings (SSSR count). The van der Waals surface area contributed by atoms with Gasteiger partial charge in [0, 0.05) is 17.9 Å². The van der Waals surface area contributed by atoms with E-state index in [4.69, 9.17) is 10.5 Å². The fraction of sp³-hybridized carbons (Fsp3) is 0.300. The average Bonchev–Trinajstić information content (AvgIpc) is 2.27. The number of carboxylic acids is 1. The van der Waals surface area contributed by atoms with Crippen molar-refractivity contribution in [2.45, 2.75) is 23.6 Å². The molecular weight excluding hydrogens is 244 g/mol. The highest BCUT2D eigenvalue weighted by Crippen LogP contribution is 2.34. The molecule has 4 nitrogen and oxygen atoms in total. The van der Waals surface area contributed by atoms with Gasteiger partial charge in [0.15, 0.2) is 0 Å². The predicted molar refractivity (Wildman–Crippen MR) is 67.1 cm³/mol. The summed E-state index contributed by atoms with van der Waals surface area (Å²) < 4.78 is 0. The van der Waals surface area contributed by atoms with Gasteiger partial charge in [0.2, 0.25) is 0 Å². The van der Waals surface area contributed by atoms with Gasteiger partial charge in [0.25, 0.3) is 0 Å². The Labute approximate surface area is 102 Å². The summed E-state index contributed by atoms with van der Waals surface area (Å²) in [6, 6.07) is 5.64. The monoisotopic (exact) mass is 256 g/mol. The highest BCUT2D eigenvalue weighted by atomic mass is 33.1. The first-order chi connectivity index (χ1) is 7.59. The molecule has 0 saturated heterocycles. The smallest absolute Gasteiger partial charge is 0.349 e. The van der Waals surface area contributed by atoms with Gasteiger partial charge in [-0.2, -0.15) is 0 Å². The van der Waals surface area contributed by atoms with Crippen LogP contribution in [0.15, 0.2) is 29.4 Å². The topological polar surface area (TPSA) is 74.0 Å². The molecule has 0 bridgehead atoms. The van der Waals surface area contributed by atoms with Gasteiger partial charge < -0.3 is 5.11 Å². The van der Waals surface area contributed by atoms with Crippen molar-refractivity contribution < 1.29 is 9.90 Å². The number of nitrogens with one attached hydrogen (secondary N) is 1. The van der Waals surface area contributed by atoms with E-state index in [-0.39, 0.29) is 17.4 Å². The molecule has 0 amide bonds. The Hall–Kier alpha value is -1.01. The first-order valence-corrected chi connectivity index (χ1v) is 6.86. The molecule has 0 fully saturated rings. The summed E-state index contributed by atoms with van der Waals surface area (Å²) in [5.41, 5.74) is -0.248. The Bertz CT molecular complexity index is 370. The zero-order chi connectivity index (χ0) is 12.0. The SMILES string of the molecule is CC(CC(=N)C(=O)O)SSc1ccccn1. The number of aliphatic carboxylic acids is 1. The quantitative estimate of drug-likeness (QED) is 0.604. The van der Waals surface area contributed by atoms with E-state index in [1.165, 1.54) is 21.6 Å². The first-order valence-electron chi connectivity index (χ1n) is 4.64. The summed E-state index contributed by atoms with van der Waals surface area (Å²) in [6.07, 6.45) is 1.98. The molecule has 0 aliphatic rings. The molecule has 0 aliphatic heterocycles. The van der Waals surface area contributed by atoms with E-state index in [2.05, 4.69) is 4.98 Å². The Morgan fingerprint density at radius 1 is 1.62 bits per heavy atom. The van der Waals surface area contributed by atoms with E-state index >= 15 is 0 Å². The molecule has 86 valence electrons. The molecule has 0 saturated carbocycles. The van der Waals surface area contributed by atoms with Crippen LogP contribution in [0.3, 0.4) is 0 Å². The van der Waals surface area contributed by atoms with Gasteiger partial charge in [-0.1, -0.05) is 23.8 Å². The van der Waals surface area contributed by atoms with Crippen LogP contribution in [0, 0.1) is 5.41 Å². The fourth-order valence-electron chi connectivity index (χ4n) is 0.937. The van der Waals surface area contributed by atoms with Crippen LogP contribution < -0.4 is 0 Å². The predicted octanol–water partition coefficient (Wildman–Crippen LogP) is 2.70. The lowest BCUT2D eigenvalue weighted by molar-refractivity contribution is -0.129. The summed E-state index contributed by atoms with van der Waals surface area (Å²) in [7, 11) is 3.02. The highest BCUT2D eigenvalue weighted by Gasteiger charge is 2.12. The second kappa shape index (κ2) is 6.55. The van der Waals surface area contributed by atoms with Crippen molar-refractivity contribution in [2.75, 3.05) is 0 Å². The van der Waals surface area contributed by atoms with E-state index in [0.29, 0.717) is 0 Å². The minimum Gasteiger partial charge on any atom is -0.477 e. The molecule has 0 aromatic carbocycles. The Morgan fingerprint density at radius 2 is 2.38 bits per heavy atom. The van der Waals surface area contributed by atoms with Crippen molar-refractivity contribution in [1.29, 1.82) is 5.41 Å². The zero-order valence-corrected chi connectivity index (χ0v) is 10.3. The van der Waals surface area contributed by atoms with Crippen LogP contribution in [-0.2, 0) is 4.79 Å². The third kappa shape index (κ3) is 4.67. The van der Waals surface area contributed by atoms with Gasteiger partial charge in [-0.25, -0.2) is 9.78 Å². The second-order valence-corrected chi connectivity index (χ2v) is 5.81. The van der Waals surface area contributed by atoms with Crippen LogP contribution >= 0.6 is 21.6 Å². The van der Waals surface area contributed by atoms with E-state index < -0.39 is 5.97 Å². The van der Waals surface area contributed by atoms with E-state index in [1.807, 2.05) is 25.1 Å². The summed E-state index contributed by atoms with van der Waals surface area (Å²) in [6.45, 7) is 1.90. The minimum atomic E-state index is -1.14. The van der Waals surface area contributed by atoms with Crippen LogP contribution in [0.5, 0.6) is 0 Å². The molecule has 6 heteroatoms. The maximum Gasteiger partial charge on any atom is 0.349 e. The van der Waals surface area contributed by atoms with E-state index in [0.717, 1.165) is 5.03 Å². The van der Waals surface area contributed by atoms with Crippen LogP contribution in [0.25, 0.3) is 0 Å². The number of rotatable bonds is 6. The number of hydrogen-bond donors (Lipinski definition) is 2. The molecule has 0 aliphatic carbocycles. The fourth-order valence-corrected chi connectivity index (χ4v) is 2.96. The van der Waals surface area contributed by atoms with Gasteiger partial charge in [-0.05, 0) is 22.9 Å². The summed E-state index contributed by atoms with van der Waals surface area (Å²) in [5, 5.41) is 16.8. The van der Waals surface area contributed by atoms with E-state index in [1.54, 1.807) is 6.20 Å². The van der Waals surface area contributed by atoms with Gasteiger partial charge in [0.05, 0.1) is 0 Å². The number of carbonyl (C=O) groups is 1. The number of carboxylic acid groups (broad SMARTS) is 1. The van der Waals surface area contributed by atoms with E-state index in [9.17, 15) is 4.79 Å². The minimum absolute atomic E-state index is 0.0793. The average molecular weight is 256 g/mol. The molecule has 2 N–H and O–H groups in total. The third-order valence-electron chi connectivity index (χ3n) is 1.69. The molecule has 1 unspecified atom stereocenters. The molecular formula is C10H12N2O2S2. The van der Waals surface area contributed by atoms with Crippen molar-refractivity contribution in [3.8, 4) is 0 Å². The number of pyridine rings is 1. The molecule has 1 heterocycles. The van der Waals surface area contributed by atoms with Gasteiger partial charge in [-0.15, -0.1) is 0 Å². The van der Waals surface area contributed by atoms with Crippen molar-refractivity contribution in [3.05, 3.63) is 24.4 Å². The zero-order valence-electron chi connectivity index (χ0n) is 8.71. The van der Waals surface area contributed by atoms with Crippen LogP contribution in [0.2, 0.25) is 0 Å². The van der Waals surface area contributed by atoms with Gasteiger partial charge in [0.1, 0.15) is 10.7 Å². The summed E-state index contributed by atoms with van der Waals surface area (Å²) >= 11 is 0. The lowest BCUT2D eigenvalue weighted by Crippen LogP contribution is -2.15. The van der Waals surface area contributed by atoms with Crippen molar-refractivity contribution in [3.63, 3.8) is 0 Å². The maximum absolute atomic E-state index is 10.5. The molecule has 16 heavy (non-hydrogen) atoms. The normalized spacial score (nSPS) is 12.1. The number of hydrogen-bond acceptors (Lipinski definition) is 5. The Balaban J connectivity index is 2.33. The first kappa shape index (κ1) is 13.1. The van der Waals surface area contributed by atoms with Crippen molar-refractivity contribution in [1.82, 2.24) is 4.98 Å². The molecule has 1 aromatic rings. The lowest BCUT2D eigenvalue weighted by Gasteiger charge is -2.08. The molecule has 1 aromatic heterocycles. The summed E-state index contributed by atoms with van der Waals surface area (Å²) in [4.78, 5) is 14.6. The lowest BCUT2D eigenvalue weighted by atomic mass is 10.2. The van der Waals surface area contributed by atoms with Crippen LogP contribution in [0.1, 0.15) is 13.3 Å². The maximum atomic E-state index is 10.5. The summed E-state index contributed by atoms with van der Waals surface area (Å²) in [5.74, 6) is -1.14. The largest absolute Gasteiger partial charge is 0.477 e. The standard InChI is InChI=1S/C10H12N2O2S2/c1-7(6-8(11)10(13)14)15-16-9-4-2-3-5-12-9/h2-5,7,11H,6H2,1H3,(H,13,14). The Morgan fingerprint density at radius 3 is 2.94 bits per heavy atom. The van der Waals surface area contributed by atoms with Gasteiger partial charge in [-0.3, -0.25) is 5.41 Å². The van der Waals surface area contributed by atoms with Crippen LogP contribution in [0.4, 0.5) is 0 Å². The molecule has 1 atom stereocenters. The second-order valence-electron chi connectivity index (χ2n) is 3.15. The molecule has 0 spiro atoms. The number of aromatic nitrogens is 1. The van der Waals surface area contributed by atoms with Crippen molar-refractivity contribution >= 4 is 33.3 Å². The number of nitrogens with zero attached hydrogens (tertiary/aromatic N) is 1.